The SMILES string of the molecule is COc1ccc(CCN2C(=O)C(O)=C(C(=O)c3cccs3)C2c2ccccc2OC)cc1OC. The van der Waals surface area contributed by atoms with Gasteiger partial charge in [0.2, 0.25) is 5.78 Å². The van der Waals surface area contributed by atoms with Crippen LogP contribution in [0.1, 0.15) is 26.8 Å². The Hall–Kier alpha value is -3.78. The molecule has 4 rings (SSSR count). The summed E-state index contributed by atoms with van der Waals surface area (Å²) in [6.45, 7) is 0.266. The van der Waals surface area contributed by atoms with E-state index in [0.717, 1.165) is 5.56 Å². The smallest absolute Gasteiger partial charge is 0.290 e. The lowest BCUT2D eigenvalue weighted by Gasteiger charge is -2.28. The van der Waals surface area contributed by atoms with Gasteiger partial charge in [-0.2, -0.15) is 0 Å². The van der Waals surface area contributed by atoms with Crippen LogP contribution in [-0.4, -0.2) is 49.6 Å². The minimum atomic E-state index is -0.779. The largest absolute Gasteiger partial charge is 0.503 e. The number of nitrogens with zero attached hydrogens (tertiary/aromatic N) is 1. The Labute approximate surface area is 201 Å². The maximum Gasteiger partial charge on any atom is 0.290 e. The topological polar surface area (TPSA) is 85.3 Å². The van der Waals surface area contributed by atoms with Gasteiger partial charge in [0, 0.05) is 12.1 Å². The third-order valence-electron chi connectivity index (χ3n) is 5.82. The van der Waals surface area contributed by atoms with Gasteiger partial charge in [0.15, 0.2) is 17.3 Å². The second-order valence-corrected chi connectivity index (χ2v) is 8.60. The van der Waals surface area contributed by atoms with Gasteiger partial charge in [-0.05, 0) is 41.6 Å². The summed E-state index contributed by atoms with van der Waals surface area (Å²) in [6.07, 6.45) is 0.478. The first kappa shape index (κ1) is 23.4. The number of hydrogen-bond acceptors (Lipinski definition) is 7. The average Bonchev–Trinajstić information content (AvgIpc) is 3.49. The Kier molecular flexibility index (Phi) is 6.88. The van der Waals surface area contributed by atoms with Crippen LogP contribution in [0.25, 0.3) is 0 Å². The van der Waals surface area contributed by atoms with E-state index in [-0.39, 0.29) is 17.9 Å². The number of Topliss-reactive ketones (excluding diaryl/α,β-unsaturated/α-hetero) is 1. The highest BCUT2D eigenvalue weighted by atomic mass is 32.1. The van der Waals surface area contributed by atoms with Crippen molar-refractivity contribution in [2.45, 2.75) is 12.5 Å². The first-order valence-corrected chi connectivity index (χ1v) is 11.5. The first-order chi connectivity index (χ1) is 16.5. The highest BCUT2D eigenvalue weighted by molar-refractivity contribution is 7.12. The van der Waals surface area contributed by atoms with Crippen LogP contribution >= 0.6 is 11.3 Å². The molecule has 0 saturated heterocycles. The fourth-order valence-electron chi connectivity index (χ4n) is 4.16. The molecule has 176 valence electrons. The van der Waals surface area contributed by atoms with Crippen LogP contribution in [0.4, 0.5) is 0 Å². The van der Waals surface area contributed by atoms with Crippen molar-refractivity contribution >= 4 is 23.0 Å². The van der Waals surface area contributed by atoms with Crippen LogP contribution in [0, 0.1) is 0 Å². The molecule has 1 unspecified atom stereocenters. The third-order valence-corrected chi connectivity index (χ3v) is 6.68. The normalized spacial score (nSPS) is 15.6. The van der Waals surface area contributed by atoms with Gasteiger partial charge in [-0.25, -0.2) is 0 Å². The van der Waals surface area contributed by atoms with Crippen molar-refractivity contribution in [1.29, 1.82) is 0 Å². The molecule has 0 fully saturated rings. The van der Waals surface area contributed by atoms with E-state index in [1.165, 1.54) is 23.3 Å². The lowest BCUT2D eigenvalue weighted by molar-refractivity contribution is -0.129. The van der Waals surface area contributed by atoms with Crippen molar-refractivity contribution in [2.75, 3.05) is 27.9 Å². The van der Waals surface area contributed by atoms with Gasteiger partial charge in [0.1, 0.15) is 5.75 Å². The number of carbonyl (C=O) groups excluding carboxylic acids is 2. The fourth-order valence-corrected chi connectivity index (χ4v) is 4.84. The molecule has 1 N–H and O–H groups in total. The predicted molar refractivity (Wildman–Crippen MR) is 129 cm³/mol. The fraction of sp³-hybridized carbons (Fsp3) is 0.231. The lowest BCUT2D eigenvalue weighted by Crippen LogP contribution is -2.33. The second kappa shape index (κ2) is 10.0. The first-order valence-electron chi connectivity index (χ1n) is 10.7. The summed E-state index contributed by atoms with van der Waals surface area (Å²) in [4.78, 5) is 28.5. The zero-order chi connectivity index (χ0) is 24.2. The number of aliphatic hydroxyl groups excluding tert-OH is 1. The van der Waals surface area contributed by atoms with Crippen molar-refractivity contribution in [3.05, 3.63) is 87.3 Å². The lowest BCUT2D eigenvalue weighted by atomic mass is 9.94. The molecule has 1 aliphatic rings. The van der Waals surface area contributed by atoms with Gasteiger partial charge in [0.25, 0.3) is 5.91 Å². The zero-order valence-electron chi connectivity index (χ0n) is 19.1. The van der Waals surface area contributed by atoms with E-state index < -0.39 is 17.7 Å². The Morgan fingerprint density at radius 1 is 0.971 bits per heavy atom. The molecule has 1 amide bonds. The summed E-state index contributed by atoms with van der Waals surface area (Å²) in [5.41, 5.74) is 1.61. The number of para-hydroxylation sites is 1. The highest BCUT2D eigenvalue weighted by Crippen LogP contribution is 2.42. The number of ketones is 1. The summed E-state index contributed by atoms with van der Waals surface area (Å²) in [6, 6.07) is 15.4. The monoisotopic (exact) mass is 479 g/mol. The number of benzene rings is 2. The predicted octanol–water partition coefficient (Wildman–Crippen LogP) is 4.59. The number of methoxy groups -OCH3 is 3. The molecule has 3 aromatic rings. The van der Waals surface area contributed by atoms with E-state index in [1.807, 2.05) is 24.3 Å². The number of rotatable bonds is 9. The van der Waals surface area contributed by atoms with Crippen LogP contribution in [0.5, 0.6) is 17.2 Å². The molecule has 1 aliphatic heterocycles. The molecule has 0 radical (unpaired) electrons. The molecule has 2 aromatic carbocycles. The van der Waals surface area contributed by atoms with Crippen LogP contribution < -0.4 is 14.2 Å². The molecular formula is C26H25NO6S. The van der Waals surface area contributed by atoms with Crippen LogP contribution in [0.15, 0.2) is 71.3 Å². The Morgan fingerprint density at radius 3 is 2.38 bits per heavy atom. The molecule has 0 spiro atoms. The number of carbonyl (C=O) groups is 2. The maximum absolute atomic E-state index is 13.4. The summed E-state index contributed by atoms with van der Waals surface area (Å²) in [7, 11) is 4.67. The van der Waals surface area contributed by atoms with E-state index in [2.05, 4.69) is 0 Å². The molecule has 7 nitrogen and oxygen atoms in total. The second-order valence-electron chi connectivity index (χ2n) is 7.65. The highest BCUT2D eigenvalue weighted by Gasteiger charge is 2.44. The minimum Gasteiger partial charge on any atom is -0.503 e. The molecule has 1 atom stereocenters. The number of ether oxygens (including phenoxy) is 3. The van der Waals surface area contributed by atoms with E-state index in [0.29, 0.717) is 34.1 Å². The Balaban J connectivity index is 1.71. The molecule has 34 heavy (non-hydrogen) atoms. The minimum absolute atomic E-state index is 0.0595. The van der Waals surface area contributed by atoms with Crippen molar-refractivity contribution < 1.29 is 28.9 Å². The number of hydrogen-bond donors (Lipinski definition) is 1. The van der Waals surface area contributed by atoms with Gasteiger partial charge in [0.05, 0.1) is 37.8 Å². The Morgan fingerprint density at radius 2 is 1.71 bits per heavy atom. The van der Waals surface area contributed by atoms with E-state index in [9.17, 15) is 14.7 Å². The zero-order valence-corrected chi connectivity index (χ0v) is 19.9. The van der Waals surface area contributed by atoms with Crippen molar-refractivity contribution in [3.8, 4) is 17.2 Å². The van der Waals surface area contributed by atoms with Crippen LogP contribution in [0.3, 0.4) is 0 Å². The van der Waals surface area contributed by atoms with Crippen molar-refractivity contribution in [3.63, 3.8) is 0 Å². The maximum atomic E-state index is 13.4. The number of amides is 1. The van der Waals surface area contributed by atoms with Gasteiger partial charge < -0.3 is 24.2 Å². The summed E-state index contributed by atoms with van der Waals surface area (Å²) >= 11 is 1.27. The van der Waals surface area contributed by atoms with Gasteiger partial charge in [-0.1, -0.05) is 30.3 Å². The molecular weight excluding hydrogens is 454 g/mol. The molecule has 8 heteroatoms. The molecule has 0 aliphatic carbocycles. The van der Waals surface area contributed by atoms with Gasteiger partial charge in [-0.15, -0.1) is 11.3 Å². The third kappa shape index (κ3) is 4.24. The van der Waals surface area contributed by atoms with E-state index in [1.54, 1.807) is 49.9 Å². The molecule has 1 aromatic heterocycles. The quantitative estimate of drug-likeness (QED) is 0.452. The average molecular weight is 480 g/mol. The molecule has 0 bridgehead atoms. The molecule has 0 saturated carbocycles. The summed E-state index contributed by atoms with van der Waals surface area (Å²) in [5, 5.41) is 12.6. The number of thiophene rings is 1. The molecule has 2 heterocycles. The standard InChI is InChI=1S/C26H25NO6S/c1-31-18-8-5-4-7-17(18)23-22(24(28)21-9-6-14-34-21)25(29)26(30)27(23)13-12-16-10-11-19(32-2)20(15-16)33-3/h4-11,14-15,23,29H,12-13H2,1-3H3. The summed E-state index contributed by atoms with van der Waals surface area (Å²) in [5.74, 6) is 0.243. The van der Waals surface area contributed by atoms with Crippen molar-refractivity contribution in [2.24, 2.45) is 0 Å². The van der Waals surface area contributed by atoms with Crippen LogP contribution in [-0.2, 0) is 11.2 Å². The number of aliphatic hydroxyl groups is 1. The van der Waals surface area contributed by atoms with Gasteiger partial charge in [-0.3, -0.25) is 9.59 Å². The van der Waals surface area contributed by atoms with Gasteiger partial charge >= 0.3 is 0 Å². The van der Waals surface area contributed by atoms with Crippen molar-refractivity contribution in [1.82, 2.24) is 4.90 Å². The Bertz CT molecular complexity index is 1230. The summed E-state index contributed by atoms with van der Waals surface area (Å²) < 4.78 is 16.2. The van der Waals surface area contributed by atoms with Crippen LogP contribution in [0.2, 0.25) is 0 Å². The van der Waals surface area contributed by atoms with E-state index in [4.69, 9.17) is 14.2 Å². The van der Waals surface area contributed by atoms with E-state index >= 15 is 0 Å².